The lowest BCUT2D eigenvalue weighted by Gasteiger charge is -2.35. The minimum atomic E-state index is 0. The highest BCUT2D eigenvalue weighted by atomic mass is 127. The van der Waals surface area contributed by atoms with Crippen LogP contribution < -0.4 is 5.32 Å². The van der Waals surface area contributed by atoms with Gasteiger partial charge in [0.1, 0.15) is 0 Å². The number of piperidine rings is 1. The normalized spacial score (nSPS) is 22.2. The highest BCUT2D eigenvalue weighted by molar-refractivity contribution is 14.0. The van der Waals surface area contributed by atoms with Crippen molar-refractivity contribution in [2.24, 2.45) is 4.99 Å². The van der Waals surface area contributed by atoms with Crippen molar-refractivity contribution in [3.63, 3.8) is 0 Å². The molecule has 2 saturated heterocycles. The van der Waals surface area contributed by atoms with Crippen molar-refractivity contribution in [1.29, 1.82) is 0 Å². The molecule has 0 spiro atoms. The first kappa shape index (κ1) is 21.9. The van der Waals surface area contributed by atoms with Crippen LogP contribution in [0.5, 0.6) is 0 Å². The monoisotopic (exact) mass is 493 g/mol. The van der Waals surface area contributed by atoms with E-state index >= 15 is 0 Å². The second kappa shape index (κ2) is 11.5. The molecule has 1 unspecified atom stereocenters. The average molecular weight is 493 g/mol. The Morgan fingerprint density at radius 3 is 2.77 bits per heavy atom. The van der Waals surface area contributed by atoms with Crippen LogP contribution in [0, 0.1) is 6.92 Å². The maximum absolute atomic E-state index is 6.11. The highest BCUT2D eigenvalue weighted by Crippen LogP contribution is 2.19. The molecule has 0 aromatic carbocycles. The number of ether oxygens (including phenoxy) is 2. The summed E-state index contributed by atoms with van der Waals surface area (Å²) in [5, 5.41) is 5.65. The molecular weight excluding hydrogens is 461 g/mol. The van der Waals surface area contributed by atoms with Gasteiger partial charge in [-0.2, -0.15) is 0 Å². The third-order valence-corrected chi connectivity index (χ3v) is 6.14. The Bertz CT molecular complexity index is 553. The molecule has 148 valence electrons. The first-order chi connectivity index (χ1) is 12.3. The molecule has 1 atom stereocenters. The second-order valence-electron chi connectivity index (χ2n) is 6.94. The molecule has 0 aliphatic carbocycles. The second-order valence-corrected chi connectivity index (χ2v) is 7.94. The van der Waals surface area contributed by atoms with Gasteiger partial charge in [0.25, 0.3) is 0 Å². The van der Waals surface area contributed by atoms with Crippen LogP contribution in [0.1, 0.15) is 42.5 Å². The number of aryl methyl sites for hydroxylation is 1. The number of thiophene rings is 1. The Kier molecular flexibility index (Phi) is 9.66. The molecule has 2 aliphatic heterocycles. The van der Waals surface area contributed by atoms with E-state index in [9.17, 15) is 0 Å². The molecule has 2 fully saturated rings. The lowest BCUT2D eigenvalue weighted by molar-refractivity contribution is -0.0721. The third kappa shape index (κ3) is 6.35. The molecule has 5 nitrogen and oxygen atoms in total. The number of likely N-dealkylation sites (tertiary alicyclic amines) is 1. The molecule has 26 heavy (non-hydrogen) atoms. The van der Waals surface area contributed by atoms with E-state index in [1.807, 2.05) is 7.05 Å². The topological polar surface area (TPSA) is 46.1 Å². The summed E-state index contributed by atoms with van der Waals surface area (Å²) in [4.78, 5) is 8.19. The summed E-state index contributed by atoms with van der Waals surface area (Å²) in [5.41, 5.74) is 1.35. The Morgan fingerprint density at radius 1 is 1.35 bits per heavy atom. The van der Waals surface area contributed by atoms with Crippen LogP contribution >= 0.6 is 35.3 Å². The standard InChI is InChI=1S/C19H31N3O2S.HI/c1-15-8-12-25-18(15)13-21-19(20-2)22-9-6-16(7-10-22)24-14-17-5-3-4-11-23-17;/h8,12,16-17H,3-7,9-11,13-14H2,1-2H3,(H,20,21);1H. The number of nitrogens with one attached hydrogen (secondary N) is 1. The summed E-state index contributed by atoms with van der Waals surface area (Å²) < 4.78 is 11.9. The van der Waals surface area contributed by atoms with Gasteiger partial charge in [-0.05, 0) is 56.0 Å². The predicted octanol–water partition coefficient (Wildman–Crippen LogP) is 3.80. The average Bonchev–Trinajstić information content (AvgIpc) is 3.07. The smallest absolute Gasteiger partial charge is 0.193 e. The number of aliphatic imine (C=N–C) groups is 1. The maximum Gasteiger partial charge on any atom is 0.193 e. The largest absolute Gasteiger partial charge is 0.376 e. The minimum absolute atomic E-state index is 0. The predicted molar refractivity (Wildman–Crippen MR) is 119 cm³/mol. The quantitative estimate of drug-likeness (QED) is 0.385. The van der Waals surface area contributed by atoms with Gasteiger partial charge in [-0.1, -0.05) is 0 Å². The van der Waals surface area contributed by atoms with Gasteiger partial charge in [0.05, 0.1) is 25.4 Å². The highest BCUT2D eigenvalue weighted by Gasteiger charge is 2.23. The van der Waals surface area contributed by atoms with Crippen LogP contribution in [0.15, 0.2) is 16.4 Å². The summed E-state index contributed by atoms with van der Waals surface area (Å²) in [5.74, 6) is 1.00. The third-order valence-electron chi connectivity index (χ3n) is 5.12. The van der Waals surface area contributed by atoms with E-state index in [1.54, 1.807) is 11.3 Å². The van der Waals surface area contributed by atoms with Gasteiger partial charge < -0.3 is 19.7 Å². The summed E-state index contributed by atoms with van der Waals surface area (Å²) in [6.07, 6.45) is 6.42. The van der Waals surface area contributed by atoms with E-state index in [-0.39, 0.29) is 24.0 Å². The van der Waals surface area contributed by atoms with E-state index < -0.39 is 0 Å². The Balaban J connectivity index is 0.00000243. The Hall–Kier alpha value is -0.380. The fourth-order valence-corrected chi connectivity index (χ4v) is 4.34. The van der Waals surface area contributed by atoms with Crippen LogP contribution in [0.2, 0.25) is 0 Å². The molecule has 0 saturated carbocycles. The number of hydrogen-bond donors (Lipinski definition) is 1. The fourth-order valence-electron chi connectivity index (χ4n) is 3.49. The van der Waals surface area contributed by atoms with Crippen molar-refractivity contribution in [1.82, 2.24) is 10.2 Å². The SMILES string of the molecule is CN=C(NCc1sccc1C)N1CCC(OCC2CCCCO2)CC1.I. The van der Waals surface area contributed by atoms with Crippen molar-refractivity contribution in [3.05, 3.63) is 21.9 Å². The van der Waals surface area contributed by atoms with Crippen LogP contribution in [-0.2, 0) is 16.0 Å². The van der Waals surface area contributed by atoms with E-state index in [0.29, 0.717) is 12.2 Å². The van der Waals surface area contributed by atoms with Gasteiger partial charge in [-0.25, -0.2) is 0 Å². The van der Waals surface area contributed by atoms with Gasteiger partial charge >= 0.3 is 0 Å². The molecule has 7 heteroatoms. The van der Waals surface area contributed by atoms with E-state index in [4.69, 9.17) is 9.47 Å². The van der Waals surface area contributed by atoms with Gasteiger partial charge in [-0.3, -0.25) is 4.99 Å². The molecule has 0 radical (unpaired) electrons. The number of rotatable bonds is 5. The summed E-state index contributed by atoms with van der Waals surface area (Å²) in [6.45, 7) is 6.67. The number of nitrogens with zero attached hydrogens (tertiary/aromatic N) is 2. The van der Waals surface area contributed by atoms with E-state index in [1.165, 1.54) is 23.3 Å². The lowest BCUT2D eigenvalue weighted by Crippen LogP contribution is -2.47. The van der Waals surface area contributed by atoms with Crippen molar-refractivity contribution in [2.75, 3.05) is 33.4 Å². The lowest BCUT2D eigenvalue weighted by atomic mass is 10.1. The molecular formula is C19H32IN3O2S. The van der Waals surface area contributed by atoms with Crippen molar-refractivity contribution >= 4 is 41.3 Å². The molecule has 3 heterocycles. The van der Waals surface area contributed by atoms with Crippen molar-refractivity contribution in [2.45, 2.75) is 57.8 Å². The summed E-state index contributed by atoms with van der Waals surface area (Å²) >= 11 is 1.80. The Labute approximate surface area is 178 Å². The van der Waals surface area contributed by atoms with Crippen LogP contribution in [0.25, 0.3) is 0 Å². The molecule has 1 aromatic heterocycles. The molecule has 1 N–H and O–H groups in total. The first-order valence-electron chi connectivity index (χ1n) is 9.48. The minimum Gasteiger partial charge on any atom is -0.376 e. The van der Waals surface area contributed by atoms with Crippen LogP contribution in [0.4, 0.5) is 0 Å². The zero-order valence-corrected chi connectivity index (χ0v) is 19.1. The van der Waals surface area contributed by atoms with Crippen LogP contribution in [-0.4, -0.2) is 56.4 Å². The molecule has 1 aromatic rings. The zero-order valence-electron chi connectivity index (χ0n) is 15.9. The van der Waals surface area contributed by atoms with Crippen molar-refractivity contribution in [3.8, 4) is 0 Å². The molecule has 2 aliphatic rings. The zero-order chi connectivity index (χ0) is 17.5. The molecule has 0 amide bonds. The summed E-state index contributed by atoms with van der Waals surface area (Å²) in [7, 11) is 1.87. The maximum atomic E-state index is 6.11. The molecule has 3 rings (SSSR count). The number of halogens is 1. The van der Waals surface area contributed by atoms with E-state index in [0.717, 1.165) is 58.1 Å². The van der Waals surface area contributed by atoms with E-state index in [2.05, 4.69) is 33.6 Å². The van der Waals surface area contributed by atoms with Gasteiger partial charge in [-0.15, -0.1) is 35.3 Å². The van der Waals surface area contributed by atoms with Crippen molar-refractivity contribution < 1.29 is 9.47 Å². The van der Waals surface area contributed by atoms with Gasteiger partial charge in [0.2, 0.25) is 0 Å². The first-order valence-corrected chi connectivity index (χ1v) is 10.4. The number of guanidine groups is 1. The van der Waals surface area contributed by atoms with Gasteiger partial charge in [0, 0.05) is 31.6 Å². The fraction of sp³-hybridized carbons (Fsp3) is 0.737. The molecule has 0 bridgehead atoms. The van der Waals surface area contributed by atoms with Gasteiger partial charge in [0.15, 0.2) is 5.96 Å². The number of hydrogen-bond acceptors (Lipinski definition) is 4. The Morgan fingerprint density at radius 2 is 2.15 bits per heavy atom. The summed E-state index contributed by atoms with van der Waals surface area (Å²) in [6, 6.07) is 2.17. The van der Waals surface area contributed by atoms with Crippen LogP contribution in [0.3, 0.4) is 0 Å².